The number of hydrogen-bond acceptors (Lipinski definition) is 6. The van der Waals surface area contributed by atoms with Crippen molar-refractivity contribution in [1.29, 1.82) is 0 Å². The smallest absolute Gasteiger partial charge is 0.339 e. The minimum Gasteiger partial charge on any atom is -0.465 e. The Morgan fingerprint density at radius 1 is 1.22 bits per heavy atom. The molecule has 7 heteroatoms. The Balaban J connectivity index is 1.64. The second kappa shape index (κ2) is 6.75. The van der Waals surface area contributed by atoms with Gasteiger partial charge in [-0.25, -0.2) is 4.79 Å². The molecule has 4 rings (SSSR count). The van der Waals surface area contributed by atoms with Gasteiger partial charge in [0.1, 0.15) is 0 Å². The summed E-state index contributed by atoms with van der Waals surface area (Å²) in [6.07, 6.45) is 2.38. The lowest BCUT2D eigenvalue weighted by Gasteiger charge is -2.10. The van der Waals surface area contributed by atoms with E-state index in [-0.39, 0.29) is 12.4 Å². The van der Waals surface area contributed by atoms with E-state index in [0.29, 0.717) is 35.1 Å². The van der Waals surface area contributed by atoms with Crippen LogP contribution in [0.3, 0.4) is 0 Å². The fourth-order valence-corrected chi connectivity index (χ4v) is 3.14. The van der Waals surface area contributed by atoms with Crippen LogP contribution >= 0.6 is 0 Å². The van der Waals surface area contributed by atoms with Gasteiger partial charge in [-0.15, -0.1) is 0 Å². The first-order valence-electron chi connectivity index (χ1n) is 8.54. The first kappa shape index (κ1) is 17.1. The number of benzene rings is 1. The molecule has 0 N–H and O–H groups in total. The zero-order valence-corrected chi connectivity index (χ0v) is 15.0. The lowest BCUT2D eigenvalue weighted by Crippen LogP contribution is -2.21. The Morgan fingerprint density at radius 2 is 2.04 bits per heavy atom. The van der Waals surface area contributed by atoms with Crippen LogP contribution in [0.4, 0.5) is 0 Å². The third-order valence-electron chi connectivity index (χ3n) is 4.63. The Hall–Kier alpha value is -3.35. The summed E-state index contributed by atoms with van der Waals surface area (Å²) in [5, 5.41) is 0.397. The predicted molar refractivity (Wildman–Crippen MR) is 98.3 cm³/mol. The molecule has 138 valence electrons. The number of pyridine rings is 2. The van der Waals surface area contributed by atoms with Crippen molar-refractivity contribution in [2.45, 2.75) is 19.9 Å². The van der Waals surface area contributed by atoms with Crippen LogP contribution in [-0.4, -0.2) is 29.4 Å². The lowest BCUT2D eigenvalue weighted by molar-refractivity contribution is 0.0599. The molecule has 7 nitrogen and oxygen atoms in total. The monoisotopic (exact) mass is 366 g/mol. The molecule has 0 amide bonds. The molecule has 0 radical (unpaired) electrons. The zero-order valence-electron chi connectivity index (χ0n) is 15.0. The van der Waals surface area contributed by atoms with E-state index in [2.05, 4.69) is 4.98 Å². The SMILES string of the molecule is COC(=O)c1cc2c(=O)n(CCc3ccc4c(c3)OCO4)ccc2nc1C. The van der Waals surface area contributed by atoms with Gasteiger partial charge in [-0.3, -0.25) is 9.78 Å². The standard InChI is InChI=1S/C20H18N2O5/c1-12-14(20(24)25-2)10-15-16(21-12)6-8-22(19(15)23)7-5-13-3-4-17-18(9-13)27-11-26-17/h3-4,6,8-10H,5,7,11H2,1-2H3. The van der Waals surface area contributed by atoms with E-state index in [1.165, 1.54) is 7.11 Å². The summed E-state index contributed by atoms with van der Waals surface area (Å²) in [4.78, 5) is 29.1. The van der Waals surface area contributed by atoms with Gasteiger partial charge >= 0.3 is 5.97 Å². The van der Waals surface area contributed by atoms with E-state index in [1.54, 1.807) is 29.8 Å². The number of aromatic nitrogens is 2. The van der Waals surface area contributed by atoms with Crippen molar-refractivity contribution in [3.05, 3.63) is 63.7 Å². The molecule has 0 unspecified atom stereocenters. The summed E-state index contributed by atoms with van der Waals surface area (Å²) < 4.78 is 17.1. The lowest BCUT2D eigenvalue weighted by atomic mass is 10.1. The summed E-state index contributed by atoms with van der Waals surface area (Å²) >= 11 is 0. The average molecular weight is 366 g/mol. The molecule has 3 heterocycles. The van der Waals surface area contributed by atoms with Gasteiger partial charge < -0.3 is 18.8 Å². The molecule has 27 heavy (non-hydrogen) atoms. The van der Waals surface area contributed by atoms with Crippen LogP contribution in [0.5, 0.6) is 11.5 Å². The Labute approximate surface area is 155 Å². The van der Waals surface area contributed by atoms with Crippen LogP contribution in [0.1, 0.15) is 21.6 Å². The zero-order chi connectivity index (χ0) is 19.0. The number of methoxy groups -OCH3 is 1. The van der Waals surface area contributed by atoms with E-state index in [9.17, 15) is 9.59 Å². The molecular formula is C20H18N2O5. The largest absolute Gasteiger partial charge is 0.465 e. The summed E-state index contributed by atoms with van der Waals surface area (Å²) in [5.74, 6) is 0.955. The Kier molecular flexibility index (Phi) is 4.27. The Morgan fingerprint density at radius 3 is 2.85 bits per heavy atom. The van der Waals surface area contributed by atoms with Gasteiger partial charge in [-0.1, -0.05) is 6.07 Å². The summed E-state index contributed by atoms with van der Waals surface area (Å²) in [6.45, 7) is 2.45. The van der Waals surface area contributed by atoms with Gasteiger partial charge in [0.2, 0.25) is 6.79 Å². The first-order valence-corrected chi connectivity index (χ1v) is 8.54. The third-order valence-corrected chi connectivity index (χ3v) is 4.63. The molecule has 0 atom stereocenters. The molecule has 0 aliphatic carbocycles. The Bertz CT molecular complexity index is 1100. The summed E-state index contributed by atoms with van der Waals surface area (Å²) in [5.41, 5.74) is 2.25. The molecule has 0 saturated heterocycles. The molecule has 0 fully saturated rings. The maximum Gasteiger partial charge on any atom is 0.339 e. The van der Waals surface area contributed by atoms with Gasteiger partial charge in [0.15, 0.2) is 11.5 Å². The number of aryl methyl sites for hydroxylation is 3. The average Bonchev–Trinajstić information content (AvgIpc) is 3.14. The van der Waals surface area contributed by atoms with Crippen molar-refractivity contribution in [2.24, 2.45) is 0 Å². The molecule has 2 aromatic heterocycles. The van der Waals surface area contributed by atoms with Crippen LogP contribution in [-0.2, 0) is 17.7 Å². The second-order valence-electron chi connectivity index (χ2n) is 6.30. The second-order valence-corrected chi connectivity index (χ2v) is 6.30. The normalized spacial score (nSPS) is 12.4. The number of esters is 1. The number of rotatable bonds is 4. The fraction of sp³-hybridized carbons (Fsp3) is 0.250. The van der Waals surface area contributed by atoms with Crippen molar-refractivity contribution in [3.8, 4) is 11.5 Å². The quantitative estimate of drug-likeness (QED) is 0.660. The number of carbonyl (C=O) groups excluding carboxylic acids is 1. The van der Waals surface area contributed by atoms with E-state index >= 15 is 0 Å². The minimum absolute atomic E-state index is 0.189. The van der Waals surface area contributed by atoms with Crippen molar-refractivity contribution >= 4 is 16.9 Å². The highest BCUT2D eigenvalue weighted by atomic mass is 16.7. The predicted octanol–water partition coefficient (Wildman–Crippen LogP) is 2.46. The molecule has 1 aromatic carbocycles. The third kappa shape index (κ3) is 3.12. The summed E-state index contributed by atoms with van der Waals surface area (Å²) in [7, 11) is 1.31. The first-order chi connectivity index (χ1) is 13.1. The number of ether oxygens (including phenoxy) is 3. The van der Waals surface area contributed by atoms with Gasteiger partial charge in [0.25, 0.3) is 5.56 Å². The highest BCUT2D eigenvalue weighted by Crippen LogP contribution is 2.32. The molecule has 0 saturated carbocycles. The van der Waals surface area contributed by atoms with E-state index in [1.807, 2.05) is 18.2 Å². The van der Waals surface area contributed by atoms with E-state index in [4.69, 9.17) is 14.2 Å². The van der Waals surface area contributed by atoms with Crippen molar-refractivity contribution < 1.29 is 19.0 Å². The van der Waals surface area contributed by atoms with Crippen LogP contribution in [0.15, 0.2) is 41.3 Å². The van der Waals surface area contributed by atoms with Gasteiger partial charge in [0.05, 0.1) is 29.3 Å². The topological polar surface area (TPSA) is 79.7 Å². The van der Waals surface area contributed by atoms with E-state index < -0.39 is 5.97 Å². The highest BCUT2D eigenvalue weighted by Gasteiger charge is 2.15. The van der Waals surface area contributed by atoms with Crippen molar-refractivity contribution in [2.75, 3.05) is 13.9 Å². The maximum absolute atomic E-state index is 12.8. The molecule has 0 bridgehead atoms. The van der Waals surface area contributed by atoms with Crippen molar-refractivity contribution in [1.82, 2.24) is 9.55 Å². The summed E-state index contributed by atoms with van der Waals surface area (Å²) in [6, 6.07) is 9.10. The highest BCUT2D eigenvalue weighted by molar-refractivity contribution is 5.94. The number of nitrogens with zero attached hydrogens (tertiary/aromatic N) is 2. The van der Waals surface area contributed by atoms with Gasteiger partial charge in [-0.2, -0.15) is 0 Å². The number of fused-ring (bicyclic) bond motifs is 2. The number of hydrogen-bond donors (Lipinski definition) is 0. The minimum atomic E-state index is -0.503. The number of carbonyl (C=O) groups is 1. The molecule has 1 aliphatic rings. The molecular weight excluding hydrogens is 348 g/mol. The van der Waals surface area contributed by atoms with Crippen LogP contribution < -0.4 is 15.0 Å². The van der Waals surface area contributed by atoms with Gasteiger partial charge in [0, 0.05) is 12.7 Å². The van der Waals surface area contributed by atoms with Gasteiger partial charge in [-0.05, 0) is 43.2 Å². The fourth-order valence-electron chi connectivity index (χ4n) is 3.14. The van der Waals surface area contributed by atoms with Crippen LogP contribution in [0, 0.1) is 6.92 Å². The van der Waals surface area contributed by atoms with Crippen molar-refractivity contribution in [3.63, 3.8) is 0 Å². The molecule has 1 aliphatic heterocycles. The molecule has 3 aromatic rings. The maximum atomic E-state index is 12.8. The van der Waals surface area contributed by atoms with Crippen LogP contribution in [0.25, 0.3) is 10.9 Å². The van der Waals surface area contributed by atoms with E-state index in [0.717, 1.165) is 17.1 Å². The molecule has 0 spiro atoms. The van der Waals surface area contributed by atoms with Crippen LogP contribution in [0.2, 0.25) is 0 Å².